The van der Waals surface area contributed by atoms with Gasteiger partial charge in [0.15, 0.2) is 0 Å². The second-order valence-electron chi connectivity index (χ2n) is 13.0. The molecule has 2 fully saturated rings. The minimum atomic E-state index is -1.38. The molecular weight excluding hydrogens is 562 g/mol. The molecule has 5 bridgehead atoms. The van der Waals surface area contributed by atoms with Crippen molar-refractivity contribution in [2.24, 2.45) is 17.8 Å². The summed E-state index contributed by atoms with van der Waals surface area (Å²) < 4.78 is 12.8. The Hall–Kier alpha value is -3.50. The van der Waals surface area contributed by atoms with Gasteiger partial charge in [-0.05, 0) is 38.7 Å². The molecule has 0 radical (unpaired) electrons. The summed E-state index contributed by atoms with van der Waals surface area (Å²) in [6.07, 6.45) is 6.47. The van der Waals surface area contributed by atoms with Crippen LogP contribution in [0.4, 0.5) is 0 Å². The van der Waals surface area contributed by atoms with E-state index in [0.717, 1.165) is 5.56 Å². The van der Waals surface area contributed by atoms with E-state index in [1.807, 2.05) is 77.1 Å². The van der Waals surface area contributed by atoms with Gasteiger partial charge in [-0.3, -0.25) is 19.2 Å². The first-order chi connectivity index (χ1) is 20.9. The predicted molar refractivity (Wildman–Crippen MR) is 163 cm³/mol. The number of hydrogen-bond acceptors (Lipinski definition) is 7. The van der Waals surface area contributed by atoms with Crippen LogP contribution >= 0.6 is 0 Å². The normalized spacial score (nSPS) is 34.2. The molecule has 8 atom stereocenters. The monoisotopic (exact) mass is 607 g/mol. The van der Waals surface area contributed by atoms with Gasteiger partial charge in [0.1, 0.15) is 23.7 Å². The standard InChI is InChI=1S/C34H45N3O7/c1-20(2)24(19-38)37-30-32(41)36(21(3)4)18-12-8-11-15-26(39)35(6)22(5)29(23-13-9-7-10-14-23)43-33(42)27-25-16-17-34(30,44-25)28(27)31(37)40/h7-10,12-14,16-17,20-22,24-25,27-30,38H,11,15,18-19H2,1-6H3/b12-8-/t22-,24+,25+,27-,28-,29+,30+,34-/m1/s1. The first-order valence-electron chi connectivity index (χ1n) is 15.7. The molecule has 3 amide bonds. The molecule has 0 unspecified atom stereocenters. The van der Waals surface area contributed by atoms with Crippen LogP contribution in [0.15, 0.2) is 54.6 Å². The smallest absolute Gasteiger partial charge is 0.313 e. The number of aliphatic hydroxyl groups is 1. The lowest BCUT2D eigenvalue weighted by molar-refractivity contribution is -0.164. The molecule has 0 aliphatic carbocycles. The van der Waals surface area contributed by atoms with E-state index in [9.17, 15) is 24.3 Å². The van der Waals surface area contributed by atoms with E-state index in [1.165, 1.54) is 4.90 Å². The van der Waals surface area contributed by atoms with Crippen molar-refractivity contribution in [2.45, 2.75) is 89.4 Å². The number of carbonyl (C=O) groups excluding carboxylic acids is 4. The van der Waals surface area contributed by atoms with Crippen molar-refractivity contribution in [1.82, 2.24) is 14.7 Å². The SMILES string of the molecule is CC(C)[C@H](CO)N1C(=O)[C@H]2[C@@H]3C(=O)O[C@H](c4ccccc4)[C@@H](C)N(C)C(=O)CC/C=C\CN(C(C)C)C(=O)[C@H]1[C@@]21C=C[C@@H]3O1. The second kappa shape index (κ2) is 12.5. The summed E-state index contributed by atoms with van der Waals surface area (Å²) in [6, 6.07) is 6.82. The zero-order valence-corrected chi connectivity index (χ0v) is 26.5. The molecule has 10 nitrogen and oxygen atoms in total. The summed E-state index contributed by atoms with van der Waals surface area (Å²) in [5.74, 6) is -3.59. The predicted octanol–water partition coefficient (Wildman–Crippen LogP) is 2.87. The number of allylic oxidation sites excluding steroid dienone is 1. The quantitative estimate of drug-likeness (QED) is 0.404. The van der Waals surface area contributed by atoms with Gasteiger partial charge in [-0.25, -0.2) is 0 Å². The maximum absolute atomic E-state index is 14.5. The lowest BCUT2D eigenvalue weighted by atomic mass is 9.74. The third kappa shape index (κ3) is 5.26. The van der Waals surface area contributed by atoms with Crippen molar-refractivity contribution in [1.29, 1.82) is 0 Å². The van der Waals surface area contributed by atoms with Crippen molar-refractivity contribution in [3.05, 3.63) is 60.2 Å². The van der Waals surface area contributed by atoms with Gasteiger partial charge in [0, 0.05) is 26.1 Å². The summed E-state index contributed by atoms with van der Waals surface area (Å²) in [4.78, 5) is 61.2. The molecule has 0 aromatic heterocycles. The Kier molecular flexibility index (Phi) is 9.05. The Bertz CT molecular complexity index is 1330. The number of aliphatic hydroxyl groups excluding tert-OH is 1. The van der Waals surface area contributed by atoms with Crippen molar-refractivity contribution < 1.29 is 33.8 Å². The molecule has 4 aliphatic rings. The zero-order chi connectivity index (χ0) is 31.9. The van der Waals surface area contributed by atoms with E-state index < -0.39 is 59.6 Å². The number of nitrogens with zero attached hydrogens (tertiary/aromatic N) is 3. The molecule has 5 rings (SSSR count). The van der Waals surface area contributed by atoms with Crippen LogP contribution in [0.5, 0.6) is 0 Å². The van der Waals surface area contributed by atoms with Crippen molar-refractivity contribution >= 4 is 23.7 Å². The highest BCUT2D eigenvalue weighted by Gasteiger charge is 2.74. The van der Waals surface area contributed by atoms with Crippen LogP contribution in [0.3, 0.4) is 0 Å². The fourth-order valence-corrected chi connectivity index (χ4v) is 7.26. The largest absolute Gasteiger partial charge is 0.455 e. The summed E-state index contributed by atoms with van der Waals surface area (Å²) in [5, 5.41) is 10.5. The minimum absolute atomic E-state index is 0.0982. The molecule has 238 valence electrons. The van der Waals surface area contributed by atoms with Crippen LogP contribution in [0.2, 0.25) is 0 Å². The van der Waals surface area contributed by atoms with E-state index in [2.05, 4.69) is 0 Å². The van der Waals surface area contributed by atoms with E-state index in [0.29, 0.717) is 6.42 Å². The van der Waals surface area contributed by atoms with E-state index in [4.69, 9.17) is 9.47 Å². The highest BCUT2D eigenvalue weighted by molar-refractivity contribution is 5.99. The highest BCUT2D eigenvalue weighted by atomic mass is 16.6. The van der Waals surface area contributed by atoms with Gasteiger partial charge in [-0.2, -0.15) is 0 Å². The number of fused-ring (bicyclic) bond motifs is 2. The lowest BCUT2D eigenvalue weighted by Crippen LogP contribution is -2.60. The molecule has 1 N–H and O–H groups in total. The molecule has 44 heavy (non-hydrogen) atoms. The molecule has 4 aliphatic heterocycles. The van der Waals surface area contributed by atoms with Crippen LogP contribution in [0.1, 0.15) is 59.1 Å². The molecular formula is C34H45N3O7. The van der Waals surface area contributed by atoms with Crippen LogP contribution in [0, 0.1) is 17.8 Å². The number of likely N-dealkylation sites (N-methyl/N-ethyl adjacent to an activating group) is 1. The summed E-state index contributed by atoms with van der Waals surface area (Å²) in [5.41, 5.74) is -0.656. The molecule has 0 saturated carbocycles. The molecule has 10 heteroatoms. The Morgan fingerprint density at radius 2 is 1.73 bits per heavy atom. The van der Waals surface area contributed by atoms with E-state index >= 15 is 0 Å². The van der Waals surface area contributed by atoms with Crippen LogP contribution in [-0.2, 0) is 28.7 Å². The fraction of sp³-hybridized carbons (Fsp3) is 0.588. The maximum atomic E-state index is 14.5. The summed E-state index contributed by atoms with van der Waals surface area (Å²) >= 11 is 0. The topological polar surface area (TPSA) is 117 Å². The lowest BCUT2D eigenvalue weighted by Gasteiger charge is -2.41. The first kappa shape index (κ1) is 31.9. The molecule has 1 aromatic carbocycles. The van der Waals surface area contributed by atoms with E-state index in [1.54, 1.807) is 29.0 Å². The van der Waals surface area contributed by atoms with Crippen molar-refractivity contribution in [3.8, 4) is 0 Å². The van der Waals surface area contributed by atoms with Gasteiger partial charge >= 0.3 is 5.97 Å². The Balaban J connectivity index is 1.63. The molecule has 4 heterocycles. The first-order valence-corrected chi connectivity index (χ1v) is 15.7. The van der Waals surface area contributed by atoms with Gasteiger partial charge in [-0.1, -0.05) is 68.5 Å². The summed E-state index contributed by atoms with van der Waals surface area (Å²) in [7, 11) is 1.70. The number of ether oxygens (including phenoxy) is 2. The third-order valence-corrected chi connectivity index (χ3v) is 9.85. The van der Waals surface area contributed by atoms with Gasteiger partial charge in [0.25, 0.3) is 0 Å². The van der Waals surface area contributed by atoms with E-state index in [-0.39, 0.29) is 43.3 Å². The molecule has 2 saturated heterocycles. The number of benzene rings is 1. The van der Waals surface area contributed by atoms with Gasteiger partial charge < -0.3 is 29.3 Å². The van der Waals surface area contributed by atoms with Crippen LogP contribution in [0.25, 0.3) is 0 Å². The maximum Gasteiger partial charge on any atom is 0.313 e. The molecule has 1 aromatic rings. The number of hydrogen-bond donors (Lipinski definition) is 1. The van der Waals surface area contributed by atoms with Gasteiger partial charge in [0.2, 0.25) is 17.7 Å². The number of amides is 3. The number of cyclic esters (lactones) is 1. The van der Waals surface area contributed by atoms with Crippen molar-refractivity contribution in [3.63, 3.8) is 0 Å². The second-order valence-corrected chi connectivity index (χ2v) is 13.0. The number of carbonyl (C=O) groups is 4. The zero-order valence-electron chi connectivity index (χ0n) is 26.5. The Morgan fingerprint density at radius 1 is 1.02 bits per heavy atom. The molecule has 1 spiro atoms. The van der Waals surface area contributed by atoms with Gasteiger partial charge in [0.05, 0.1) is 30.7 Å². The van der Waals surface area contributed by atoms with Crippen molar-refractivity contribution in [2.75, 3.05) is 20.2 Å². The Labute approximate surface area is 259 Å². The number of rotatable bonds is 5. The highest BCUT2D eigenvalue weighted by Crippen LogP contribution is 2.56. The number of esters is 1. The van der Waals surface area contributed by atoms with Crippen LogP contribution < -0.4 is 0 Å². The average molecular weight is 608 g/mol. The number of likely N-dealkylation sites (tertiary alicyclic amines) is 1. The van der Waals surface area contributed by atoms with Gasteiger partial charge in [-0.15, -0.1) is 0 Å². The minimum Gasteiger partial charge on any atom is -0.455 e. The Morgan fingerprint density at radius 3 is 2.36 bits per heavy atom. The van der Waals surface area contributed by atoms with Crippen LogP contribution in [-0.4, -0.2) is 99.6 Å². The third-order valence-electron chi connectivity index (χ3n) is 9.85. The fourth-order valence-electron chi connectivity index (χ4n) is 7.26. The average Bonchev–Trinajstić information content (AvgIpc) is 3.64. The summed E-state index contributed by atoms with van der Waals surface area (Å²) in [6.45, 7) is 9.38.